The Morgan fingerprint density at radius 2 is 1.90 bits per heavy atom. The molecule has 0 bridgehead atoms. The maximum absolute atomic E-state index is 11.8. The number of hydrogen-bond donors (Lipinski definition) is 1. The standard InChI is InChI=1S/C16H30N2O2/c1-4-18-10-9-17(11-14(18)3)12-16(15(19)20)7-5-13(2)6-8-16/h13-14H,4-12H2,1-3H3,(H,19,20). The van der Waals surface area contributed by atoms with Crippen LogP contribution in [0.4, 0.5) is 0 Å². The van der Waals surface area contributed by atoms with E-state index in [2.05, 4.69) is 30.6 Å². The van der Waals surface area contributed by atoms with Gasteiger partial charge in [0.1, 0.15) is 0 Å². The summed E-state index contributed by atoms with van der Waals surface area (Å²) < 4.78 is 0. The number of nitrogens with zero attached hydrogens (tertiary/aromatic N) is 2. The molecule has 1 saturated carbocycles. The monoisotopic (exact) mass is 282 g/mol. The summed E-state index contributed by atoms with van der Waals surface area (Å²) >= 11 is 0. The highest BCUT2D eigenvalue weighted by Gasteiger charge is 2.43. The van der Waals surface area contributed by atoms with Crippen molar-refractivity contribution in [1.82, 2.24) is 9.80 Å². The van der Waals surface area contributed by atoms with Gasteiger partial charge < -0.3 is 5.11 Å². The third kappa shape index (κ3) is 3.34. The fourth-order valence-electron chi connectivity index (χ4n) is 3.87. The molecule has 1 atom stereocenters. The normalized spacial score (nSPS) is 37.0. The quantitative estimate of drug-likeness (QED) is 0.859. The van der Waals surface area contributed by atoms with Gasteiger partial charge in [0, 0.05) is 32.2 Å². The van der Waals surface area contributed by atoms with Crippen LogP contribution in [0.5, 0.6) is 0 Å². The Kier molecular flexibility index (Phi) is 5.08. The molecule has 2 aliphatic rings. The number of aliphatic carboxylic acids is 1. The van der Waals surface area contributed by atoms with Crippen LogP contribution in [-0.2, 0) is 4.79 Å². The molecule has 0 aromatic rings. The highest BCUT2D eigenvalue weighted by atomic mass is 16.4. The van der Waals surface area contributed by atoms with Crippen molar-refractivity contribution in [3.05, 3.63) is 0 Å². The van der Waals surface area contributed by atoms with Crippen LogP contribution >= 0.6 is 0 Å². The fourth-order valence-corrected chi connectivity index (χ4v) is 3.87. The average Bonchev–Trinajstić information content (AvgIpc) is 2.41. The Balaban J connectivity index is 1.97. The van der Waals surface area contributed by atoms with Crippen molar-refractivity contribution < 1.29 is 9.90 Å². The van der Waals surface area contributed by atoms with Crippen LogP contribution in [0.25, 0.3) is 0 Å². The summed E-state index contributed by atoms with van der Waals surface area (Å²) in [6.07, 6.45) is 3.84. The molecule has 1 N–H and O–H groups in total. The molecule has 1 saturated heterocycles. The van der Waals surface area contributed by atoms with Crippen molar-refractivity contribution in [2.75, 3.05) is 32.7 Å². The van der Waals surface area contributed by atoms with Gasteiger partial charge in [-0.3, -0.25) is 14.6 Å². The predicted octanol–water partition coefficient (Wildman–Crippen LogP) is 2.29. The third-order valence-corrected chi connectivity index (χ3v) is 5.47. The van der Waals surface area contributed by atoms with Crippen LogP contribution in [0.3, 0.4) is 0 Å². The van der Waals surface area contributed by atoms with Gasteiger partial charge in [0.15, 0.2) is 0 Å². The van der Waals surface area contributed by atoms with Crippen LogP contribution in [-0.4, -0.2) is 59.6 Å². The van der Waals surface area contributed by atoms with E-state index in [0.717, 1.165) is 58.4 Å². The molecule has 4 heteroatoms. The molecule has 0 amide bonds. The fraction of sp³-hybridized carbons (Fsp3) is 0.938. The van der Waals surface area contributed by atoms with E-state index < -0.39 is 11.4 Å². The summed E-state index contributed by atoms with van der Waals surface area (Å²) in [4.78, 5) is 16.7. The lowest BCUT2D eigenvalue weighted by atomic mass is 9.70. The van der Waals surface area contributed by atoms with Gasteiger partial charge in [-0.2, -0.15) is 0 Å². The molecule has 0 radical (unpaired) electrons. The van der Waals surface area contributed by atoms with E-state index in [-0.39, 0.29) is 0 Å². The maximum atomic E-state index is 11.8. The number of carboxylic acid groups (broad SMARTS) is 1. The SMILES string of the molecule is CCN1CCN(CC2(C(=O)O)CCC(C)CC2)CC1C. The molecule has 1 aliphatic carbocycles. The minimum atomic E-state index is -0.574. The summed E-state index contributed by atoms with van der Waals surface area (Å²) in [6, 6.07) is 0.544. The Morgan fingerprint density at radius 3 is 2.40 bits per heavy atom. The molecule has 116 valence electrons. The van der Waals surface area contributed by atoms with Crippen molar-refractivity contribution in [2.45, 2.75) is 52.5 Å². The first-order chi connectivity index (χ1) is 9.47. The highest BCUT2D eigenvalue weighted by molar-refractivity contribution is 5.75. The smallest absolute Gasteiger partial charge is 0.310 e. The maximum Gasteiger partial charge on any atom is 0.310 e. The van der Waals surface area contributed by atoms with E-state index in [4.69, 9.17) is 0 Å². The van der Waals surface area contributed by atoms with Crippen LogP contribution in [0.15, 0.2) is 0 Å². The molecular formula is C16H30N2O2. The van der Waals surface area contributed by atoms with Gasteiger partial charge in [0.05, 0.1) is 5.41 Å². The lowest BCUT2D eigenvalue weighted by Crippen LogP contribution is -2.55. The van der Waals surface area contributed by atoms with Gasteiger partial charge in [-0.25, -0.2) is 0 Å². The Labute approximate surface area is 123 Å². The molecular weight excluding hydrogens is 252 g/mol. The van der Waals surface area contributed by atoms with Crippen LogP contribution < -0.4 is 0 Å². The van der Waals surface area contributed by atoms with Gasteiger partial charge in [-0.15, -0.1) is 0 Å². The summed E-state index contributed by atoms with van der Waals surface area (Å²) in [6.45, 7) is 11.6. The van der Waals surface area contributed by atoms with Crippen LogP contribution in [0.1, 0.15) is 46.5 Å². The molecule has 2 rings (SSSR count). The second-order valence-corrected chi connectivity index (χ2v) is 6.98. The molecule has 0 spiro atoms. The van der Waals surface area contributed by atoms with E-state index in [0.29, 0.717) is 12.0 Å². The van der Waals surface area contributed by atoms with Gasteiger partial charge in [0.25, 0.3) is 0 Å². The molecule has 20 heavy (non-hydrogen) atoms. The largest absolute Gasteiger partial charge is 0.481 e. The van der Waals surface area contributed by atoms with Gasteiger partial charge in [-0.1, -0.05) is 13.8 Å². The number of rotatable bonds is 4. The Hall–Kier alpha value is -0.610. The molecule has 1 aliphatic heterocycles. The Morgan fingerprint density at radius 1 is 1.25 bits per heavy atom. The van der Waals surface area contributed by atoms with Crippen molar-refractivity contribution in [3.63, 3.8) is 0 Å². The Bertz CT molecular complexity index is 337. The van der Waals surface area contributed by atoms with E-state index in [1.165, 1.54) is 0 Å². The molecule has 4 nitrogen and oxygen atoms in total. The summed E-state index contributed by atoms with van der Waals surface area (Å²) in [7, 11) is 0. The number of piperazine rings is 1. The minimum absolute atomic E-state index is 0.486. The van der Waals surface area contributed by atoms with E-state index in [1.807, 2.05) is 0 Å². The third-order valence-electron chi connectivity index (χ3n) is 5.47. The van der Waals surface area contributed by atoms with Crippen LogP contribution in [0.2, 0.25) is 0 Å². The minimum Gasteiger partial charge on any atom is -0.481 e. The second kappa shape index (κ2) is 6.44. The first-order valence-corrected chi connectivity index (χ1v) is 8.16. The zero-order chi connectivity index (χ0) is 14.8. The van der Waals surface area contributed by atoms with Crippen LogP contribution in [0, 0.1) is 11.3 Å². The van der Waals surface area contributed by atoms with Crippen molar-refractivity contribution >= 4 is 5.97 Å². The summed E-state index contributed by atoms with van der Waals surface area (Å²) in [5.74, 6) is 0.119. The zero-order valence-electron chi connectivity index (χ0n) is 13.3. The van der Waals surface area contributed by atoms with Gasteiger partial charge >= 0.3 is 5.97 Å². The molecule has 1 heterocycles. The average molecular weight is 282 g/mol. The zero-order valence-corrected chi connectivity index (χ0v) is 13.3. The van der Waals surface area contributed by atoms with Crippen molar-refractivity contribution in [1.29, 1.82) is 0 Å². The van der Waals surface area contributed by atoms with E-state index in [1.54, 1.807) is 0 Å². The second-order valence-electron chi connectivity index (χ2n) is 6.98. The molecule has 0 aromatic carbocycles. The first-order valence-electron chi connectivity index (χ1n) is 8.16. The number of hydrogen-bond acceptors (Lipinski definition) is 3. The lowest BCUT2D eigenvalue weighted by molar-refractivity contribution is -0.153. The van der Waals surface area contributed by atoms with Gasteiger partial charge in [0.2, 0.25) is 0 Å². The lowest BCUT2D eigenvalue weighted by Gasteiger charge is -2.44. The van der Waals surface area contributed by atoms with Gasteiger partial charge in [-0.05, 0) is 45.1 Å². The van der Waals surface area contributed by atoms with E-state index in [9.17, 15) is 9.90 Å². The van der Waals surface area contributed by atoms with E-state index >= 15 is 0 Å². The topological polar surface area (TPSA) is 43.8 Å². The molecule has 1 unspecified atom stereocenters. The number of carbonyl (C=O) groups is 1. The van der Waals surface area contributed by atoms with Crippen molar-refractivity contribution in [2.24, 2.45) is 11.3 Å². The summed E-state index contributed by atoms with van der Waals surface area (Å²) in [5.41, 5.74) is -0.486. The highest BCUT2D eigenvalue weighted by Crippen LogP contribution is 2.40. The number of likely N-dealkylation sites (N-methyl/N-ethyl adjacent to an activating group) is 1. The summed E-state index contributed by atoms with van der Waals surface area (Å²) in [5, 5.41) is 9.73. The predicted molar refractivity (Wildman–Crippen MR) is 80.8 cm³/mol. The van der Waals surface area contributed by atoms with Crippen molar-refractivity contribution in [3.8, 4) is 0 Å². The molecule has 0 aromatic heterocycles. The molecule has 2 fully saturated rings. The first kappa shape index (κ1) is 15.8. The number of carboxylic acids is 1.